The Hall–Kier alpha value is -3.73. The summed E-state index contributed by atoms with van der Waals surface area (Å²) in [5.74, 6) is -4.09. The van der Waals surface area contributed by atoms with Crippen molar-refractivity contribution in [3.63, 3.8) is 0 Å². The second-order valence-corrected chi connectivity index (χ2v) is 7.64. The molecular weight excluding hydrogens is 460 g/mol. The van der Waals surface area contributed by atoms with E-state index < -0.39 is 35.4 Å². The van der Waals surface area contributed by atoms with Crippen LogP contribution in [0, 0.1) is 11.6 Å². The number of aromatic nitrogens is 2. The summed E-state index contributed by atoms with van der Waals surface area (Å²) in [5.41, 5.74) is 0.520. The minimum atomic E-state index is -1.10. The van der Waals surface area contributed by atoms with Crippen LogP contribution in [0.5, 0.6) is 5.75 Å². The molecule has 2 aromatic carbocycles. The molecule has 0 bridgehead atoms. The Balaban J connectivity index is 1.45. The van der Waals surface area contributed by atoms with Gasteiger partial charge in [-0.25, -0.2) is 8.78 Å². The first kappa shape index (κ1) is 22.5. The monoisotopic (exact) mass is 477 g/mol. The van der Waals surface area contributed by atoms with Gasteiger partial charge in [-0.3, -0.25) is 9.59 Å². The van der Waals surface area contributed by atoms with E-state index in [9.17, 15) is 18.4 Å². The van der Waals surface area contributed by atoms with E-state index in [4.69, 9.17) is 20.8 Å². The Kier molecular flexibility index (Phi) is 6.40. The van der Waals surface area contributed by atoms with Crippen molar-refractivity contribution in [1.82, 2.24) is 20.8 Å². The molecule has 12 heteroatoms. The van der Waals surface area contributed by atoms with Crippen LogP contribution in [0.25, 0.3) is 0 Å². The van der Waals surface area contributed by atoms with E-state index in [1.165, 1.54) is 7.11 Å². The Bertz CT molecular complexity index is 1160. The van der Waals surface area contributed by atoms with E-state index in [0.29, 0.717) is 5.02 Å². The van der Waals surface area contributed by atoms with Crippen molar-refractivity contribution in [1.29, 1.82) is 0 Å². The molecule has 0 saturated carbocycles. The maximum atomic E-state index is 14.5. The standard InChI is InChI=1S/C21H18ClF2N5O4/c1-32-12-6-14(23)16(15(24)7-12)13-9-26-18(30)17(13)27-21-29-28-20(33-21)19(31)25-8-10-2-4-11(22)5-3-10/h2-7,13,17H,8-9H2,1H3,(H,25,31)(H,26,30)(H,27,29)/t13-,17-/m0/s1. The molecule has 0 spiro atoms. The van der Waals surface area contributed by atoms with Crippen molar-refractivity contribution in [3.8, 4) is 5.75 Å². The zero-order chi connectivity index (χ0) is 23.5. The van der Waals surface area contributed by atoms with Crippen LogP contribution >= 0.6 is 11.6 Å². The predicted molar refractivity (Wildman–Crippen MR) is 113 cm³/mol. The first-order valence-electron chi connectivity index (χ1n) is 9.79. The van der Waals surface area contributed by atoms with Gasteiger partial charge in [-0.1, -0.05) is 28.8 Å². The second-order valence-electron chi connectivity index (χ2n) is 7.20. The third-order valence-electron chi connectivity index (χ3n) is 5.10. The molecule has 33 heavy (non-hydrogen) atoms. The summed E-state index contributed by atoms with van der Waals surface area (Å²) in [4.78, 5) is 24.6. The lowest BCUT2D eigenvalue weighted by atomic mass is 9.93. The van der Waals surface area contributed by atoms with Crippen molar-refractivity contribution >= 4 is 29.4 Å². The number of ether oxygens (including phenoxy) is 1. The number of rotatable bonds is 7. The molecule has 9 nitrogen and oxygen atoms in total. The average molecular weight is 478 g/mol. The van der Waals surface area contributed by atoms with Crippen LogP contribution in [0.1, 0.15) is 27.7 Å². The molecule has 3 aromatic rings. The van der Waals surface area contributed by atoms with Gasteiger partial charge in [-0.2, -0.15) is 0 Å². The summed E-state index contributed by atoms with van der Waals surface area (Å²) in [6, 6.07) is 7.60. The van der Waals surface area contributed by atoms with Crippen molar-refractivity contribution in [2.75, 3.05) is 19.0 Å². The van der Waals surface area contributed by atoms with Crippen molar-refractivity contribution in [2.24, 2.45) is 0 Å². The number of methoxy groups -OCH3 is 1. The number of hydrogen-bond acceptors (Lipinski definition) is 7. The normalized spacial score (nSPS) is 17.5. The first-order chi connectivity index (χ1) is 15.9. The summed E-state index contributed by atoms with van der Waals surface area (Å²) in [7, 11) is 1.29. The highest BCUT2D eigenvalue weighted by molar-refractivity contribution is 6.30. The summed E-state index contributed by atoms with van der Waals surface area (Å²) in [6.45, 7) is 0.184. The maximum Gasteiger partial charge on any atom is 0.316 e. The number of halogens is 3. The predicted octanol–water partition coefficient (Wildman–Crippen LogP) is 2.63. The number of amides is 2. The lowest BCUT2D eigenvalue weighted by Crippen LogP contribution is -2.33. The highest BCUT2D eigenvalue weighted by atomic mass is 35.5. The molecule has 1 fully saturated rings. The van der Waals surface area contributed by atoms with Crippen LogP contribution in [0.3, 0.4) is 0 Å². The Morgan fingerprint density at radius 3 is 2.61 bits per heavy atom. The summed E-state index contributed by atoms with van der Waals surface area (Å²) in [6.07, 6.45) is 0. The van der Waals surface area contributed by atoms with Crippen molar-refractivity contribution in [3.05, 3.63) is 70.1 Å². The van der Waals surface area contributed by atoms with Crippen LogP contribution in [-0.4, -0.2) is 41.7 Å². The maximum absolute atomic E-state index is 14.5. The SMILES string of the molecule is COc1cc(F)c([C@@H]2CNC(=O)[C@H]2Nc2nnc(C(=O)NCc3ccc(Cl)cc3)o2)c(F)c1. The van der Waals surface area contributed by atoms with Crippen LogP contribution < -0.4 is 20.7 Å². The molecule has 1 aliphatic rings. The Labute approximate surface area is 191 Å². The van der Waals surface area contributed by atoms with E-state index in [0.717, 1.165) is 17.7 Å². The third-order valence-corrected chi connectivity index (χ3v) is 5.36. The van der Waals surface area contributed by atoms with Crippen molar-refractivity contribution in [2.45, 2.75) is 18.5 Å². The number of carbonyl (C=O) groups excluding carboxylic acids is 2. The summed E-state index contributed by atoms with van der Waals surface area (Å²) in [5, 5.41) is 15.8. The molecule has 4 rings (SSSR count). The van der Waals surface area contributed by atoms with Gasteiger partial charge in [0.15, 0.2) is 0 Å². The highest BCUT2D eigenvalue weighted by Gasteiger charge is 2.40. The molecule has 172 valence electrons. The number of anilines is 1. The molecule has 2 atom stereocenters. The molecule has 2 heterocycles. The smallest absolute Gasteiger partial charge is 0.316 e. The zero-order valence-corrected chi connectivity index (χ0v) is 18.0. The second kappa shape index (κ2) is 9.41. The minimum Gasteiger partial charge on any atom is -0.497 e. The summed E-state index contributed by atoms with van der Waals surface area (Å²) >= 11 is 5.83. The van der Waals surface area contributed by atoms with Gasteiger partial charge in [0, 0.05) is 41.7 Å². The van der Waals surface area contributed by atoms with Crippen LogP contribution in [0.2, 0.25) is 5.02 Å². The minimum absolute atomic E-state index is 0.0146. The lowest BCUT2D eigenvalue weighted by molar-refractivity contribution is -0.119. The molecule has 2 amide bonds. The number of nitrogens with one attached hydrogen (secondary N) is 3. The van der Waals surface area contributed by atoms with E-state index in [2.05, 4.69) is 26.1 Å². The summed E-state index contributed by atoms with van der Waals surface area (Å²) < 4.78 is 39.2. The molecule has 0 radical (unpaired) electrons. The molecule has 1 aliphatic heterocycles. The van der Waals surface area contributed by atoms with Crippen LogP contribution in [0.4, 0.5) is 14.8 Å². The topological polar surface area (TPSA) is 118 Å². The number of benzene rings is 2. The van der Waals surface area contributed by atoms with Gasteiger partial charge < -0.3 is 25.1 Å². The van der Waals surface area contributed by atoms with E-state index >= 15 is 0 Å². The van der Waals surface area contributed by atoms with Gasteiger partial charge in [0.2, 0.25) is 5.91 Å². The average Bonchev–Trinajstić information content (AvgIpc) is 3.40. The number of carbonyl (C=O) groups is 2. The van der Waals surface area contributed by atoms with Gasteiger partial charge in [-0.05, 0) is 17.7 Å². The molecule has 1 saturated heterocycles. The van der Waals surface area contributed by atoms with Crippen LogP contribution in [0.15, 0.2) is 40.8 Å². The fourth-order valence-corrected chi connectivity index (χ4v) is 3.58. The van der Waals surface area contributed by atoms with Gasteiger partial charge in [0.25, 0.3) is 0 Å². The lowest BCUT2D eigenvalue weighted by Gasteiger charge is -2.19. The number of hydrogen-bond donors (Lipinski definition) is 3. The Morgan fingerprint density at radius 1 is 1.24 bits per heavy atom. The largest absolute Gasteiger partial charge is 0.497 e. The molecule has 0 unspecified atom stereocenters. The molecule has 0 aliphatic carbocycles. The fraction of sp³-hybridized carbons (Fsp3) is 0.238. The Morgan fingerprint density at radius 2 is 1.94 bits per heavy atom. The van der Waals surface area contributed by atoms with Gasteiger partial charge >= 0.3 is 17.8 Å². The van der Waals surface area contributed by atoms with Gasteiger partial charge in [0.05, 0.1) is 7.11 Å². The van der Waals surface area contributed by atoms with Gasteiger partial charge in [-0.15, -0.1) is 5.10 Å². The van der Waals surface area contributed by atoms with E-state index in [1.807, 2.05) is 0 Å². The zero-order valence-electron chi connectivity index (χ0n) is 17.2. The third kappa shape index (κ3) is 4.87. The van der Waals surface area contributed by atoms with Crippen LogP contribution in [-0.2, 0) is 11.3 Å². The number of nitrogens with zero attached hydrogens (tertiary/aromatic N) is 2. The molecule has 3 N–H and O–H groups in total. The molecular formula is C21H18ClF2N5O4. The fourth-order valence-electron chi connectivity index (χ4n) is 3.46. The van der Waals surface area contributed by atoms with Gasteiger partial charge in [0.1, 0.15) is 23.4 Å². The first-order valence-corrected chi connectivity index (χ1v) is 10.2. The highest BCUT2D eigenvalue weighted by Crippen LogP contribution is 2.32. The van der Waals surface area contributed by atoms with E-state index in [1.54, 1.807) is 24.3 Å². The van der Waals surface area contributed by atoms with E-state index in [-0.39, 0.29) is 36.3 Å². The molecule has 1 aromatic heterocycles. The van der Waals surface area contributed by atoms with Crippen molar-refractivity contribution < 1.29 is 27.5 Å². The quantitative estimate of drug-likeness (QED) is 0.478.